The number of nitrogens with one attached hydrogen (secondary N) is 1. The van der Waals surface area contributed by atoms with Gasteiger partial charge in [-0.15, -0.1) is 0 Å². The predicted octanol–water partition coefficient (Wildman–Crippen LogP) is 3.00. The lowest BCUT2D eigenvalue weighted by atomic mass is 10.1. The van der Waals surface area contributed by atoms with E-state index in [0.717, 1.165) is 49.6 Å². The Hall–Kier alpha value is -2.37. The molecular formula is C19H28N4O2. The minimum atomic E-state index is -0.656. The summed E-state index contributed by atoms with van der Waals surface area (Å²) in [4.78, 5) is 24.3. The number of benzene rings is 1. The number of primary amides is 1. The van der Waals surface area contributed by atoms with Gasteiger partial charge in [-0.25, -0.2) is 0 Å². The molecule has 0 aliphatic rings. The zero-order valence-corrected chi connectivity index (χ0v) is 15.1. The van der Waals surface area contributed by atoms with Crippen LogP contribution >= 0.6 is 0 Å². The highest BCUT2D eigenvalue weighted by Crippen LogP contribution is 2.19. The largest absolute Gasteiger partial charge is 0.368 e. The van der Waals surface area contributed by atoms with Crippen molar-refractivity contribution in [3.63, 3.8) is 0 Å². The maximum atomic E-state index is 12.7. The molecule has 0 unspecified atom stereocenters. The van der Waals surface area contributed by atoms with Gasteiger partial charge in [-0.3, -0.25) is 14.3 Å². The second-order valence-corrected chi connectivity index (χ2v) is 6.37. The summed E-state index contributed by atoms with van der Waals surface area (Å²) in [6.07, 6.45) is 5.59. The molecule has 3 N–H and O–H groups in total. The smallest absolute Gasteiger partial charge is 0.273 e. The van der Waals surface area contributed by atoms with E-state index in [1.165, 1.54) is 0 Å². The number of aryl methyl sites for hydroxylation is 1. The van der Waals surface area contributed by atoms with Crippen LogP contribution in [0.5, 0.6) is 0 Å². The summed E-state index contributed by atoms with van der Waals surface area (Å²) in [7, 11) is 0. The molecule has 2 rings (SSSR count). The molecule has 0 saturated heterocycles. The number of unbranched alkanes of at least 4 members (excludes halogenated alkanes) is 3. The maximum absolute atomic E-state index is 12.7. The molecule has 0 aliphatic heterocycles. The van der Waals surface area contributed by atoms with Crippen molar-refractivity contribution in [1.82, 2.24) is 15.1 Å². The first-order valence-electron chi connectivity index (χ1n) is 9.14. The van der Waals surface area contributed by atoms with E-state index in [-0.39, 0.29) is 5.91 Å². The van der Waals surface area contributed by atoms with Gasteiger partial charge in [0.05, 0.1) is 5.52 Å². The number of para-hydroxylation sites is 1. The van der Waals surface area contributed by atoms with Gasteiger partial charge < -0.3 is 11.1 Å². The molecular weight excluding hydrogens is 316 g/mol. The Morgan fingerprint density at radius 1 is 1.16 bits per heavy atom. The topological polar surface area (TPSA) is 90.0 Å². The number of carbonyl (C=O) groups excluding carboxylic acids is 2. The zero-order chi connectivity index (χ0) is 18.2. The van der Waals surface area contributed by atoms with Gasteiger partial charge in [0.15, 0.2) is 5.69 Å². The minimum Gasteiger partial charge on any atom is -0.368 e. The summed E-state index contributed by atoms with van der Waals surface area (Å²) >= 11 is 0. The molecule has 1 aromatic carbocycles. The Labute approximate surface area is 148 Å². The number of hydrogen-bond donors (Lipinski definition) is 2. The number of nitrogens with zero attached hydrogens (tertiary/aromatic N) is 2. The number of aromatic nitrogens is 2. The molecule has 1 aromatic heterocycles. The van der Waals surface area contributed by atoms with Crippen LogP contribution in [0.25, 0.3) is 10.9 Å². The van der Waals surface area contributed by atoms with Crippen LogP contribution in [0.3, 0.4) is 0 Å². The first-order chi connectivity index (χ1) is 12.1. The van der Waals surface area contributed by atoms with Gasteiger partial charge in [0.25, 0.3) is 5.91 Å². The van der Waals surface area contributed by atoms with Crippen LogP contribution in [-0.2, 0) is 11.3 Å². The van der Waals surface area contributed by atoms with Crippen LogP contribution in [0.15, 0.2) is 24.3 Å². The average molecular weight is 344 g/mol. The van der Waals surface area contributed by atoms with Crippen LogP contribution in [-0.4, -0.2) is 27.6 Å². The Morgan fingerprint density at radius 3 is 2.56 bits per heavy atom. The number of amides is 2. The summed E-state index contributed by atoms with van der Waals surface area (Å²) in [6, 6.07) is 7.03. The lowest BCUT2D eigenvalue weighted by molar-refractivity contribution is -0.120. The fourth-order valence-electron chi connectivity index (χ4n) is 2.90. The number of rotatable bonds is 10. The lowest BCUT2D eigenvalue weighted by Gasteiger charge is -2.14. The normalized spacial score (nSPS) is 12.2. The fourth-order valence-corrected chi connectivity index (χ4v) is 2.90. The standard InChI is InChI=1S/C19H28N4O2/c1-3-5-9-13-23-16-12-8-7-10-14(16)17(22-23)19(25)21-15(18(20)24)11-6-4-2/h7-8,10,12,15H,3-6,9,11,13H2,1-2H3,(H2,20,24)(H,21,25)/t15-/m0/s1. The van der Waals surface area contributed by atoms with Gasteiger partial charge in [0.2, 0.25) is 5.91 Å². The Balaban J connectivity index is 2.23. The third-order valence-electron chi connectivity index (χ3n) is 4.34. The van der Waals surface area contributed by atoms with E-state index in [1.54, 1.807) is 0 Å². The summed E-state index contributed by atoms with van der Waals surface area (Å²) in [5.74, 6) is -0.848. The molecule has 6 nitrogen and oxygen atoms in total. The molecule has 0 radical (unpaired) electrons. The molecule has 25 heavy (non-hydrogen) atoms. The van der Waals surface area contributed by atoms with Gasteiger partial charge in [0, 0.05) is 11.9 Å². The fraction of sp³-hybridized carbons (Fsp3) is 0.526. The van der Waals surface area contributed by atoms with Gasteiger partial charge in [-0.2, -0.15) is 5.10 Å². The molecule has 136 valence electrons. The van der Waals surface area contributed by atoms with Crippen LogP contribution < -0.4 is 11.1 Å². The van der Waals surface area contributed by atoms with E-state index >= 15 is 0 Å². The van der Waals surface area contributed by atoms with E-state index in [4.69, 9.17) is 5.73 Å². The van der Waals surface area contributed by atoms with Crippen LogP contribution in [0.2, 0.25) is 0 Å². The second kappa shape index (κ2) is 9.20. The van der Waals surface area contributed by atoms with Crippen molar-refractivity contribution >= 4 is 22.7 Å². The van der Waals surface area contributed by atoms with Crippen molar-refractivity contribution in [2.75, 3.05) is 0 Å². The predicted molar refractivity (Wildman–Crippen MR) is 99.2 cm³/mol. The van der Waals surface area contributed by atoms with Gasteiger partial charge in [0.1, 0.15) is 6.04 Å². The molecule has 0 spiro atoms. The monoisotopic (exact) mass is 344 g/mol. The van der Waals surface area contributed by atoms with E-state index < -0.39 is 11.9 Å². The zero-order valence-electron chi connectivity index (χ0n) is 15.1. The average Bonchev–Trinajstić information content (AvgIpc) is 2.97. The van der Waals surface area contributed by atoms with Gasteiger partial charge in [-0.05, 0) is 18.9 Å². The van der Waals surface area contributed by atoms with E-state index in [1.807, 2.05) is 35.9 Å². The Bertz CT molecular complexity index is 723. The molecule has 1 atom stereocenters. The highest BCUT2D eigenvalue weighted by molar-refractivity contribution is 6.06. The van der Waals surface area contributed by atoms with Crippen molar-refractivity contribution in [3.8, 4) is 0 Å². The third-order valence-corrected chi connectivity index (χ3v) is 4.34. The highest BCUT2D eigenvalue weighted by atomic mass is 16.2. The Morgan fingerprint density at radius 2 is 1.88 bits per heavy atom. The van der Waals surface area contributed by atoms with Crippen molar-refractivity contribution in [2.45, 2.75) is 65.0 Å². The third kappa shape index (κ3) is 4.81. The maximum Gasteiger partial charge on any atom is 0.273 e. The van der Waals surface area contributed by atoms with Gasteiger partial charge >= 0.3 is 0 Å². The van der Waals surface area contributed by atoms with E-state index in [2.05, 4.69) is 17.3 Å². The van der Waals surface area contributed by atoms with Crippen molar-refractivity contribution in [2.24, 2.45) is 5.73 Å². The van der Waals surface area contributed by atoms with E-state index in [9.17, 15) is 9.59 Å². The first-order valence-corrected chi connectivity index (χ1v) is 9.14. The summed E-state index contributed by atoms with van der Waals surface area (Å²) < 4.78 is 1.88. The highest BCUT2D eigenvalue weighted by Gasteiger charge is 2.22. The molecule has 6 heteroatoms. The summed E-state index contributed by atoms with van der Waals surface area (Å²) in [6.45, 7) is 4.96. The number of nitrogens with two attached hydrogens (primary N) is 1. The number of carbonyl (C=O) groups is 2. The van der Waals surface area contributed by atoms with Crippen LogP contribution in [0, 0.1) is 0 Å². The quantitative estimate of drug-likeness (QED) is 0.649. The Kier molecular flexibility index (Phi) is 6.98. The molecule has 2 aromatic rings. The van der Waals surface area contributed by atoms with Crippen LogP contribution in [0.4, 0.5) is 0 Å². The minimum absolute atomic E-state index is 0.342. The molecule has 2 amide bonds. The van der Waals surface area contributed by atoms with Crippen molar-refractivity contribution in [1.29, 1.82) is 0 Å². The lowest BCUT2D eigenvalue weighted by Crippen LogP contribution is -2.44. The SMILES string of the molecule is CCCCCn1nc(C(=O)N[C@@H](CCCC)C(N)=O)c2ccccc21. The summed E-state index contributed by atoms with van der Waals surface area (Å²) in [5.41, 5.74) is 6.72. The molecule has 0 aliphatic carbocycles. The summed E-state index contributed by atoms with van der Waals surface area (Å²) in [5, 5.41) is 8.06. The molecule has 0 bridgehead atoms. The van der Waals surface area contributed by atoms with E-state index in [0.29, 0.717) is 12.1 Å². The number of fused-ring (bicyclic) bond motifs is 1. The molecule has 0 saturated carbocycles. The molecule has 0 fully saturated rings. The first kappa shape index (κ1) is 19.0. The molecule has 1 heterocycles. The number of hydrogen-bond acceptors (Lipinski definition) is 3. The van der Waals surface area contributed by atoms with Crippen LogP contribution in [0.1, 0.15) is 62.9 Å². The van der Waals surface area contributed by atoms with Crippen molar-refractivity contribution in [3.05, 3.63) is 30.0 Å². The van der Waals surface area contributed by atoms with Gasteiger partial charge in [-0.1, -0.05) is 57.7 Å². The van der Waals surface area contributed by atoms with Crippen molar-refractivity contribution < 1.29 is 9.59 Å². The second-order valence-electron chi connectivity index (χ2n) is 6.37.